The summed E-state index contributed by atoms with van der Waals surface area (Å²) in [7, 11) is 0. The fourth-order valence-corrected chi connectivity index (χ4v) is 5.19. The first-order chi connectivity index (χ1) is 18.7. The SMILES string of the molecule is C=CCCCCc1cc(C)cc(C)c1-c1cc(C2CC2)c(F)c([C@H](CC(=O)OCC)NC(=O)[C@H](O)CC=C)c1. The van der Waals surface area contributed by atoms with E-state index in [0.717, 1.165) is 55.2 Å². The second kappa shape index (κ2) is 14.2. The van der Waals surface area contributed by atoms with Crippen LogP contribution in [0.2, 0.25) is 0 Å². The first-order valence-electron chi connectivity index (χ1n) is 14.0. The van der Waals surface area contributed by atoms with E-state index in [4.69, 9.17) is 4.74 Å². The number of aliphatic hydroxyl groups is 1. The van der Waals surface area contributed by atoms with Gasteiger partial charge in [-0.25, -0.2) is 4.39 Å². The molecule has 2 aromatic rings. The molecule has 0 aromatic heterocycles. The second-order valence-electron chi connectivity index (χ2n) is 10.5. The van der Waals surface area contributed by atoms with Gasteiger partial charge in [-0.05, 0) is 105 Å². The molecule has 1 saturated carbocycles. The molecule has 0 bridgehead atoms. The van der Waals surface area contributed by atoms with Gasteiger partial charge in [-0.15, -0.1) is 13.2 Å². The number of halogens is 1. The average Bonchev–Trinajstić information content (AvgIpc) is 3.72. The lowest BCUT2D eigenvalue weighted by Gasteiger charge is -2.24. The highest BCUT2D eigenvalue weighted by atomic mass is 19.1. The van der Waals surface area contributed by atoms with Crippen molar-refractivity contribution in [1.29, 1.82) is 0 Å². The van der Waals surface area contributed by atoms with E-state index in [1.165, 1.54) is 17.2 Å². The van der Waals surface area contributed by atoms with E-state index >= 15 is 4.39 Å². The molecule has 0 saturated heterocycles. The number of hydrogen-bond donors (Lipinski definition) is 2. The lowest BCUT2D eigenvalue weighted by Crippen LogP contribution is -2.38. The summed E-state index contributed by atoms with van der Waals surface area (Å²) in [6.07, 6.45) is 7.51. The van der Waals surface area contributed by atoms with E-state index in [-0.39, 0.29) is 30.9 Å². The summed E-state index contributed by atoms with van der Waals surface area (Å²) in [5, 5.41) is 12.9. The van der Waals surface area contributed by atoms with Crippen molar-refractivity contribution >= 4 is 11.9 Å². The maximum Gasteiger partial charge on any atom is 0.308 e. The number of hydrogen-bond acceptors (Lipinski definition) is 4. The molecule has 1 fully saturated rings. The average molecular weight is 536 g/mol. The largest absolute Gasteiger partial charge is 0.466 e. The molecule has 2 N–H and O–H groups in total. The molecule has 3 rings (SSSR count). The van der Waals surface area contributed by atoms with Crippen molar-refractivity contribution in [3.63, 3.8) is 0 Å². The summed E-state index contributed by atoms with van der Waals surface area (Å²) < 4.78 is 21.3. The zero-order valence-corrected chi connectivity index (χ0v) is 23.5. The molecule has 0 unspecified atom stereocenters. The van der Waals surface area contributed by atoms with Crippen molar-refractivity contribution in [3.05, 3.63) is 83.2 Å². The Hall–Kier alpha value is -3.25. The molecule has 2 aromatic carbocycles. The molecule has 0 heterocycles. The van der Waals surface area contributed by atoms with E-state index in [9.17, 15) is 14.7 Å². The quantitative estimate of drug-likeness (QED) is 0.147. The van der Waals surface area contributed by atoms with Gasteiger partial charge in [0.15, 0.2) is 0 Å². The molecular weight excluding hydrogens is 493 g/mol. The highest BCUT2D eigenvalue weighted by molar-refractivity contribution is 5.82. The van der Waals surface area contributed by atoms with Crippen LogP contribution in [0.1, 0.15) is 91.6 Å². The van der Waals surface area contributed by atoms with Crippen LogP contribution in [0.25, 0.3) is 11.1 Å². The van der Waals surface area contributed by atoms with Gasteiger partial charge < -0.3 is 15.2 Å². The van der Waals surface area contributed by atoms with E-state index in [2.05, 4.69) is 44.5 Å². The van der Waals surface area contributed by atoms with Gasteiger partial charge in [0.25, 0.3) is 0 Å². The maximum absolute atomic E-state index is 16.1. The topological polar surface area (TPSA) is 75.6 Å². The van der Waals surface area contributed by atoms with Crippen LogP contribution in [-0.2, 0) is 20.7 Å². The monoisotopic (exact) mass is 535 g/mol. The van der Waals surface area contributed by atoms with Crippen molar-refractivity contribution in [2.24, 2.45) is 0 Å². The van der Waals surface area contributed by atoms with E-state index in [1.54, 1.807) is 13.0 Å². The standard InChI is InChI=1S/C33H42FNO4/c1-6-9-10-11-13-24-17-21(4)16-22(5)31(24)25-18-26(23-14-15-23)32(34)27(19-25)28(20-30(37)39-8-3)35-33(38)29(36)12-7-2/h6-7,16-19,23,28-29,36H,1-2,8-15,20H2,3-5H3,(H,35,38)/t28-,29+/m0/s1. The minimum atomic E-state index is -1.34. The lowest BCUT2D eigenvalue weighted by molar-refractivity contribution is -0.144. The van der Waals surface area contributed by atoms with Crippen LogP contribution >= 0.6 is 0 Å². The third-order valence-electron chi connectivity index (χ3n) is 7.16. The van der Waals surface area contributed by atoms with Gasteiger partial charge in [0.2, 0.25) is 5.91 Å². The van der Waals surface area contributed by atoms with Crippen molar-refractivity contribution in [2.45, 2.75) is 90.2 Å². The number of benzene rings is 2. The molecule has 1 amide bonds. The molecular formula is C33H42FNO4. The number of carbonyl (C=O) groups is 2. The minimum Gasteiger partial charge on any atom is -0.466 e. The van der Waals surface area contributed by atoms with Crippen molar-refractivity contribution < 1.29 is 23.8 Å². The smallest absolute Gasteiger partial charge is 0.308 e. The lowest BCUT2D eigenvalue weighted by atomic mass is 9.86. The van der Waals surface area contributed by atoms with Crippen LogP contribution in [-0.4, -0.2) is 29.7 Å². The second-order valence-corrected chi connectivity index (χ2v) is 10.5. The summed E-state index contributed by atoms with van der Waals surface area (Å²) in [6.45, 7) is 13.4. The van der Waals surface area contributed by atoms with Crippen LogP contribution in [0.3, 0.4) is 0 Å². The fourth-order valence-electron chi connectivity index (χ4n) is 5.19. The molecule has 39 heavy (non-hydrogen) atoms. The normalized spacial score (nSPS) is 14.4. The van der Waals surface area contributed by atoms with Crippen molar-refractivity contribution in [1.82, 2.24) is 5.32 Å². The van der Waals surface area contributed by atoms with Crippen LogP contribution in [0.4, 0.5) is 4.39 Å². The molecule has 0 spiro atoms. The Bertz CT molecular complexity index is 1200. The Morgan fingerprint density at radius 1 is 1.15 bits per heavy atom. The highest BCUT2D eigenvalue weighted by Gasteiger charge is 2.32. The number of esters is 1. The Kier molecular flexibility index (Phi) is 11.0. The van der Waals surface area contributed by atoms with Gasteiger partial charge in [0, 0.05) is 12.0 Å². The Balaban J connectivity index is 2.13. The van der Waals surface area contributed by atoms with Gasteiger partial charge in [0.05, 0.1) is 19.1 Å². The third-order valence-corrected chi connectivity index (χ3v) is 7.16. The number of aliphatic hydroxyl groups excluding tert-OH is 1. The Morgan fingerprint density at radius 2 is 1.90 bits per heavy atom. The zero-order valence-electron chi connectivity index (χ0n) is 23.5. The number of rotatable bonds is 15. The Labute approximate surface area is 232 Å². The summed E-state index contributed by atoms with van der Waals surface area (Å²) in [5.41, 5.74) is 6.25. The van der Waals surface area contributed by atoms with Gasteiger partial charge in [-0.3, -0.25) is 9.59 Å². The van der Waals surface area contributed by atoms with Crippen molar-refractivity contribution in [3.8, 4) is 11.1 Å². The molecule has 6 heteroatoms. The number of amides is 1. The number of unbranched alkanes of at least 4 members (excludes halogenated alkanes) is 2. The first kappa shape index (κ1) is 30.3. The number of allylic oxidation sites excluding steroid dienone is 1. The zero-order chi connectivity index (χ0) is 28.5. The highest BCUT2D eigenvalue weighted by Crippen LogP contribution is 2.45. The molecule has 5 nitrogen and oxygen atoms in total. The molecule has 0 radical (unpaired) electrons. The van der Waals surface area contributed by atoms with Gasteiger partial charge in [0.1, 0.15) is 11.9 Å². The van der Waals surface area contributed by atoms with Crippen molar-refractivity contribution in [2.75, 3.05) is 6.61 Å². The van der Waals surface area contributed by atoms with Crippen LogP contribution in [0.5, 0.6) is 0 Å². The molecule has 2 atom stereocenters. The van der Waals surface area contributed by atoms with Crippen LogP contribution in [0.15, 0.2) is 49.6 Å². The summed E-state index contributed by atoms with van der Waals surface area (Å²) >= 11 is 0. The summed E-state index contributed by atoms with van der Waals surface area (Å²) in [6, 6.07) is 7.04. The minimum absolute atomic E-state index is 0.0472. The number of ether oxygens (including phenoxy) is 1. The molecule has 1 aliphatic carbocycles. The van der Waals surface area contributed by atoms with E-state index < -0.39 is 29.8 Å². The third kappa shape index (κ3) is 8.12. The summed E-state index contributed by atoms with van der Waals surface area (Å²) in [4.78, 5) is 25.3. The number of carbonyl (C=O) groups excluding carboxylic acids is 2. The molecule has 1 aliphatic rings. The fraction of sp³-hybridized carbons (Fsp3) is 0.455. The van der Waals surface area contributed by atoms with Gasteiger partial charge in [-0.2, -0.15) is 0 Å². The predicted octanol–water partition coefficient (Wildman–Crippen LogP) is 6.93. The summed E-state index contributed by atoms with van der Waals surface area (Å²) in [5.74, 6) is -1.54. The first-order valence-corrected chi connectivity index (χ1v) is 14.0. The maximum atomic E-state index is 16.1. The van der Waals surface area contributed by atoms with E-state index in [0.29, 0.717) is 5.56 Å². The van der Waals surface area contributed by atoms with Crippen LogP contribution < -0.4 is 5.32 Å². The van der Waals surface area contributed by atoms with Gasteiger partial charge >= 0.3 is 5.97 Å². The Morgan fingerprint density at radius 3 is 2.54 bits per heavy atom. The van der Waals surface area contributed by atoms with Crippen LogP contribution in [0, 0.1) is 19.7 Å². The molecule has 0 aliphatic heterocycles. The number of nitrogens with one attached hydrogen (secondary N) is 1. The number of aryl methyl sites for hydroxylation is 3. The van der Waals surface area contributed by atoms with Gasteiger partial charge in [-0.1, -0.05) is 29.8 Å². The molecule has 210 valence electrons. The van der Waals surface area contributed by atoms with E-state index in [1.807, 2.05) is 12.1 Å². The predicted molar refractivity (Wildman–Crippen MR) is 154 cm³/mol.